The van der Waals surface area contributed by atoms with Gasteiger partial charge in [-0.05, 0) is 29.5 Å². The van der Waals surface area contributed by atoms with E-state index in [0.717, 1.165) is 11.1 Å². The molecule has 0 bridgehead atoms. The lowest BCUT2D eigenvalue weighted by Gasteiger charge is -2.07. The standard InChI is InChI=1S/C14H12Cl2N2O2/c15-12-3-8(5-18-6-13(16)17-7-18)1-2-9(12)10-4-11(10)14(19)20/h1-3,6-7,10-11H,4-5H2,(H,19,20)/t10-,11+/m0/s1. The fourth-order valence-electron chi connectivity index (χ4n) is 2.41. The van der Waals surface area contributed by atoms with E-state index >= 15 is 0 Å². The van der Waals surface area contributed by atoms with E-state index in [0.29, 0.717) is 23.1 Å². The van der Waals surface area contributed by atoms with Crippen LogP contribution in [0.1, 0.15) is 23.5 Å². The molecule has 0 amide bonds. The predicted molar refractivity (Wildman–Crippen MR) is 76.3 cm³/mol. The zero-order chi connectivity index (χ0) is 14.3. The normalized spacial score (nSPS) is 20.9. The molecule has 1 N–H and O–H groups in total. The largest absolute Gasteiger partial charge is 0.481 e. The third kappa shape index (κ3) is 2.67. The third-order valence-electron chi connectivity index (χ3n) is 3.54. The van der Waals surface area contributed by atoms with Gasteiger partial charge in [0.1, 0.15) is 5.15 Å². The number of hydrogen-bond donors (Lipinski definition) is 1. The summed E-state index contributed by atoms with van der Waals surface area (Å²) in [4.78, 5) is 14.9. The number of aromatic nitrogens is 2. The molecule has 1 aliphatic carbocycles. The number of carboxylic acids is 1. The van der Waals surface area contributed by atoms with Crippen LogP contribution in [0.25, 0.3) is 0 Å². The van der Waals surface area contributed by atoms with Gasteiger partial charge >= 0.3 is 5.97 Å². The Morgan fingerprint density at radius 3 is 2.80 bits per heavy atom. The molecule has 1 heterocycles. The molecule has 4 nitrogen and oxygen atoms in total. The maximum Gasteiger partial charge on any atom is 0.307 e. The molecule has 3 rings (SSSR count). The highest BCUT2D eigenvalue weighted by Gasteiger charge is 2.45. The maximum atomic E-state index is 10.9. The zero-order valence-corrected chi connectivity index (χ0v) is 12.0. The van der Waals surface area contributed by atoms with E-state index in [9.17, 15) is 4.79 Å². The van der Waals surface area contributed by atoms with Gasteiger partial charge in [0.15, 0.2) is 0 Å². The molecule has 1 aliphatic rings. The van der Waals surface area contributed by atoms with Crippen LogP contribution in [0.15, 0.2) is 30.7 Å². The minimum absolute atomic E-state index is 0.0525. The third-order valence-corrected chi connectivity index (χ3v) is 4.06. The number of aliphatic carboxylic acids is 1. The van der Waals surface area contributed by atoms with Gasteiger partial charge in [-0.2, -0.15) is 0 Å². The van der Waals surface area contributed by atoms with Gasteiger partial charge < -0.3 is 9.67 Å². The molecule has 0 saturated heterocycles. The number of benzene rings is 1. The van der Waals surface area contributed by atoms with Crippen molar-refractivity contribution in [2.75, 3.05) is 0 Å². The summed E-state index contributed by atoms with van der Waals surface area (Å²) in [7, 11) is 0. The SMILES string of the molecule is O=C(O)[C@@H]1C[C@H]1c1ccc(Cn2cnc(Cl)c2)cc1Cl. The molecular formula is C14H12Cl2N2O2. The van der Waals surface area contributed by atoms with E-state index < -0.39 is 5.97 Å². The van der Waals surface area contributed by atoms with Crippen LogP contribution in [0.4, 0.5) is 0 Å². The van der Waals surface area contributed by atoms with Crippen molar-refractivity contribution in [3.8, 4) is 0 Å². The van der Waals surface area contributed by atoms with Crippen LogP contribution < -0.4 is 0 Å². The van der Waals surface area contributed by atoms with Crippen molar-refractivity contribution in [1.82, 2.24) is 9.55 Å². The number of imidazole rings is 1. The summed E-state index contributed by atoms with van der Waals surface area (Å²) >= 11 is 12.0. The Kier molecular flexibility index (Phi) is 3.44. The van der Waals surface area contributed by atoms with Crippen LogP contribution >= 0.6 is 23.2 Å². The highest BCUT2D eigenvalue weighted by molar-refractivity contribution is 6.31. The molecule has 104 valence electrons. The highest BCUT2D eigenvalue weighted by atomic mass is 35.5. The van der Waals surface area contributed by atoms with E-state index in [1.54, 1.807) is 12.5 Å². The molecule has 2 atom stereocenters. The Hall–Kier alpha value is -1.52. The fraction of sp³-hybridized carbons (Fsp3) is 0.286. The van der Waals surface area contributed by atoms with E-state index in [1.807, 2.05) is 22.8 Å². The van der Waals surface area contributed by atoms with Crippen molar-refractivity contribution in [3.05, 3.63) is 52.0 Å². The molecule has 2 aromatic rings. The van der Waals surface area contributed by atoms with Crippen LogP contribution in [0, 0.1) is 5.92 Å². The fourth-order valence-corrected chi connectivity index (χ4v) is 2.92. The number of rotatable bonds is 4. The first-order chi connectivity index (χ1) is 9.54. The van der Waals surface area contributed by atoms with Gasteiger partial charge in [-0.1, -0.05) is 35.3 Å². The van der Waals surface area contributed by atoms with Crippen LogP contribution in [0.3, 0.4) is 0 Å². The molecule has 0 spiro atoms. The Morgan fingerprint density at radius 2 is 2.25 bits per heavy atom. The number of carboxylic acid groups (broad SMARTS) is 1. The van der Waals surface area contributed by atoms with Crippen molar-refractivity contribution < 1.29 is 9.90 Å². The van der Waals surface area contributed by atoms with Crippen LogP contribution in [-0.2, 0) is 11.3 Å². The summed E-state index contributed by atoms with van der Waals surface area (Å²) < 4.78 is 1.87. The number of nitrogens with zero attached hydrogens (tertiary/aromatic N) is 2. The lowest BCUT2D eigenvalue weighted by Crippen LogP contribution is -2.00. The predicted octanol–water partition coefficient (Wildman–Crippen LogP) is 3.43. The molecule has 0 aliphatic heterocycles. The quantitative estimate of drug-likeness (QED) is 0.941. The van der Waals surface area contributed by atoms with Gasteiger partial charge in [0.2, 0.25) is 0 Å². The summed E-state index contributed by atoms with van der Waals surface area (Å²) in [6.07, 6.45) is 4.07. The first-order valence-corrected chi connectivity index (χ1v) is 6.98. The topological polar surface area (TPSA) is 55.1 Å². The first-order valence-electron chi connectivity index (χ1n) is 6.23. The second-order valence-electron chi connectivity index (χ2n) is 5.01. The van der Waals surface area contributed by atoms with E-state index in [1.165, 1.54) is 0 Å². The Morgan fingerprint density at radius 1 is 1.45 bits per heavy atom. The molecule has 6 heteroatoms. The summed E-state index contributed by atoms with van der Waals surface area (Å²) in [5.41, 5.74) is 1.95. The van der Waals surface area contributed by atoms with Crippen molar-refractivity contribution in [2.45, 2.75) is 18.9 Å². The average Bonchev–Trinajstić information content (AvgIpc) is 3.07. The minimum atomic E-state index is -0.747. The average molecular weight is 311 g/mol. The number of halogens is 2. The summed E-state index contributed by atoms with van der Waals surface area (Å²) in [6, 6.07) is 5.76. The Balaban J connectivity index is 1.76. The Bertz CT molecular complexity index is 669. The van der Waals surface area contributed by atoms with Crippen molar-refractivity contribution in [2.24, 2.45) is 5.92 Å². The second-order valence-corrected chi connectivity index (χ2v) is 5.81. The molecule has 20 heavy (non-hydrogen) atoms. The minimum Gasteiger partial charge on any atom is -0.481 e. The monoisotopic (exact) mass is 310 g/mol. The molecule has 1 fully saturated rings. The first kappa shape index (κ1) is 13.5. The van der Waals surface area contributed by atoms with Crippen LogP contribution in [0.5, 0.6) is 0 Å². The zero-order valence-electron chi connectivity index (χ0n) is 10.5. The van der Waals surface area contributed by atoms with Crippen LogP contribution in [-0.4, -0.2) is 20.6 Å². The van der Waals surface area contributed by atoms with Crippen LogP contribution in [0.2, 0.25) is 10.2 Å². The van der Waals surface area contributed by atoms with Gasteiger partial charge in [-0.25, -0.2) is 4.98 Å². The van der Waals surface area contributed by atoms with E-state index in [2.05, 4.69) is 4.98 Å². The Labute approximate surface area is 126 Å². The molecule has 1 aromatic heterocycles. The van der Waals surface area contributed by atoms with Gasteiger partial charge in [0.05, 0.1) is 12.2 Å². The second kappa shape index (κ2) is 5.11. The lowest BCUT2D eigenvalue weighted by molar-refractivity contribution is -0.138. The summed E-state index contributed by atoms with van der Waals surface area (Å²) in [5, 5.41) is 10.0. The molecule has 1 saturated carbocycles. The summed E-state index contributed by atoms with van der Waals surface area (Å²) in [5.74, 6) is -0.981. The lowest BCUT2D eigenvalue weighted by atomic mass is 10.1. The van der Waals surface area contributed by atoms with Gasteiger partial charge in [-0.3, -0.25) is 4.79 Å². The van der Waals surface area contributed by atoms with E-state index in [-0.39, 0.29) is 11.8 Å². The summed E-state index contributed by atoms with van der Waals surface area (Å²) in [6.45, 7) is 0.632. The molecular weight excluding hydrogens is 299 g/mol. The van der Waals surface area contributed by atoms with Gasteiger partial charge in [-0.15, -0.1) is 0 Å². The van der Waals surface area contributed by atoms with Gasteiger partial charge in [0.25, 0.3) is 0 Å². The number of carbonyl (C=O) groups is 1. The van der Waals surface area contributed by atoms with Crippen molar-refractivity contribution >= 4 is 29.2 Å². The maximum absolute atomic E-state index is 10.9. The smallest absolute Gasteiger partial charge is 0.307 e. The molecule has 0 unspecified atom stereocenters. The molecule has 1 aromatic carbocycles. The molecule has 0 radical (unpaired) electrons. The van der Waals surface area contributed by atoms with Crippen molar-refractivity contribution in [1.29, 1.82) is 0 Å². The van der Waals surface area contributed by atoms with Crippen molar-refractivity contribution in [3.63, 3.8) is 0 Å². The van der Waals surface area contributed by atoms with E-state index in [4.69, 9.17) is 28.3 Å². The highest BCUT2D eigenvalue weighted by Crippen LogP contribution is 2.49. The number of hydrogen-bond acceptors (Lipinski definition) is 2. The van der Waals surface area contributed by atoms with Gasteiger partial charge in [0, 0.05) is 17.8 Å².